The Balaban J connectivity index is 2.36. The van der Waals surface area contributed by atoms with Crippen molar-refractivity contribution in [3.63, 3.8) is 0 Å². The summed E-state index contributed by atoms with van der Waals surface area (Å²) in [6.07, 6.45) is -4.14. The second-order valence-electron chi connectivity index (χ2n) is 4.19. The smallest absolute Gasteiger partial charge is 0.271 e. The van der Waals surface area contributed by atoms with Gasteiger partial charge in [-0.2, -0.15) is 36.7 Å². The summed E-state index contributed by atoms with van der Waals surface area (Å²) >= 11 is 3.69. The molecule has 0 aromatic carbocycles. The number of nitrogens with two attached hydrogens (primary N) is 1. The van der Waals surface area contributed by atoms with E-state index < -0.39 is 12.6 Å². The largest absolute Gasteiger partial charge is 0.389 e. The van der Waals surface area contributed by atoms with Crippen molar-refractivity contribution in [2.75, 3.05) is 11.5 Å². The molecule has 0 spiro atoms. The minimum Gasteiger partial charge on any atom is -0.271 e. The Bertz CT molecular complexity index is 226. The molecule has 3 N–H and O–H groups in total. The molecule has 3 atom stereocenters. The number of hydrogen-bond donors (Lipinski definition) is 2. The molecule has 1 aliphatic rings. The number of hydrogen-bond acceptors (Lipinski definition) is 4. The van der Waals surface area contributed by atoms with Crippen molar-refractivity contribution in [2.45, 2.75) is 48.9 Å². The molecule has 0 aromatic rings. The molecule has 1 saturated heterocycles. The lowest BCUT2D eigenvalue weighted by atomic mass is 10.0. The molecular weight excluding hydrogens is 269 g/mol. The highest BCUT2D eigenvalue weighted by Gasteiger charge is 2.31. The van der Waals surface area contributed by atoms with Crippen LogP contribution in [0.3, 0.4) is 0 Å². The summed E-state index contributed by atoms with van der Waals surface area (Å²) < 4.78 is 36.2. The first kappa shape index (κ1) is 15.5. The molecule has 0 saturated carbocycles. The third-order valence-corrected chi connectivity index (χ3v) is 6.07. The van der Waals surface area contributed by atoms with Crippen LogP contribution < -0.4 is 11.3 Å². The summed E-state index contributed by atoms with van der Waals surface area (Å²) in [5, 5.41) is 0.757. The molecule has 0 bridgehead atoms. The standard InChI is InChI=1S/C10H19F3N2S2/c1-7-9(17-6-5-16-7)8(15-14)3-2-4-10(11,12)13/h7-9,15H,2-6,14H2,1H3. The zero-order valence-electron chi connectivity index (χ0n) is 9.80. The lowest BCUT2D eigenvalue weighted by Crippen LogP contribution is -2.47. The number of halogens is 3. The SMILES string of the molecule is CC1SCCSC1C(CCCC(F)(F)F)NN. The van der Waals surface area contributed by atoms with Crippen LogP contribution in [-0.2, 0) is 0 Å². The molecule has 7 heteroatoms. The van der Waals surface area contributed by atoms with Gasteiger partial charge in [0.25, 0.3) is 0 Å². The van der Waals surface area contributed by atoms with Crippen molar-refractivity contribution >= 4 is 23.5 Å². The van der Waals surface area contributed by atoms with Gasteiger partial charge in [0.2, 0.25) is 0 Å². The molecular formula is C10H19F3N2S2. The fraction of sp³-hybridized carbons (Fsp3) is 1.00. The zero-order valence-corrected chi connectivity index (χ0v) is 11.4. The third kappa shape index (κ3) is 5.72. The van der Waals surface area contributed by atoms with Crippen LogP contribution in [0.5, 0.6) is 0 Å². The topological polar surface area (TPSA) is 38.0 Å². The van der Waals surface area contributed by atoms with Crippen LogP contribution in [-0.4, -0.2) is 34.2 Å². The summed E-state index contributed by atoms with van der Waals surface area (Å²) in [6, 6.07) is -0.0230. The summed E-state index contributed by atoms with van der Waals surface area (Å²) in [4.78, 5) is 0. The van der Waals surface area contributed by atoms with Gasteiger partial charge in [0.1, 0.15) is 0 Å². The molecule has 102 valence electrons. The van der Waals surface area contributed by atoms with Crippen molar-refractivity contribution < 1.29 is 13.2 Å². The fourth-order valence-electron chi connectivity index (χ4n) is 1.96. The Kier molecular flexibility index (Phi) is 6.47. The Morgan fingerprint density at radius 2 is 2.00 bits per heavy atom. The molecule has 3 unspecified atom stereocenters. The summed E-state index contributed by atoms with van der Waals surface area (Å²) in [5.41, 5.74) is 2.69. The molecule has 0 radical (unpaired) electrons. The second kappa shape index (κ2) is 7.11. The van der Waals surface area contributed by atoms with Crippen molar-refractivity contribution in [1.29, 1.82) is 0 Å². The average Bonchev–Trinajstić information content (AvgIpc) is 2.24. The number of thioether (sulfide) groups is 2. The molecule has 1 heterocycles. The summed E-state index contributed by atoms with van der Waals surface area (Å²) in [5.74, 6) is 7.63. The molecule has 2 nitrogen and oxygen atoms in total. The first-order chi connectivity index (χ1) is 7.94. The van der Waals surface area contributed by atoms with Gasteiger partial charge < -0.3 is 0 Å². The van der Waals surface area contributed by atoms with Gasteiger partial charge in [0.05, 0.1) is 0 Å². The molecule has 1 rings (SSSR count). The highest BCUT2D eigenvalue weighted by molar-refractivity contribution is 8.07. The predicted molar refractivity (Wildman–Crippen MR) is 69.2 cm³/mol. The maximum Gasteiger partial charge on any atom is 0.389 e. The van der Waals surface area contributed by atoms with Gasteiger partial charge in [-0.3, -0.25) is 11.3 Å². The van der Waals surface area contributed by atoms with Crippen LogP contribution in [0, 0.1) is 0 Å². The number of rotatable bonds is 5. The summed E-state index contributed by atoms with van der Waals surface area (Å²) in [6.45, 7) is 2.12. The minimum absolute atomic E-state index is 0.0230. The van der Waals surface area contributed by atoms with Gasteiger partial charge in [-0.25, -0.2) is 0 Å². The lowest BCUT2D eigenvalue weighted by Gasteiger charge is -2.34. The van der Waals surface area contributed by atoms with E-state index in [1.54, 1.807) is 0 Å². The minimum atomic E-state index is -4.06. The van der Waals surface area contributed by atoms with Crippen LogP contribution in [0.25, 0.3) is 0 Å². The van der Waals surface area contributed by atoms with Crippen molar-refractivity contribution in [3.05, 3.63) is 0 Å². The van der Waals surface area contributed by atoms with E-state index in [0.29, 0.717) is 16.9 Å². The zero-order chi connectivity index (χ0) is 12.9. The average molecular weight is 288 g/mol. The Morgan fingerprint density at radius 1 is 1.35 bits per heavy atom. The van der Waals surface area contributed by atoms with E-state index >= 15 is 0 Å². The van der Waals surface area contributed by atoms with E-state index in [0.717, 1.165) is 11.5 Å². The van der Waals surface area contributed by atoms with Gasteiger partial charge >= 0.3 is 6.18 Å². The van der Waals surface area contributed by atoms with Crippen molar-refractivity contribution in [3.8, 4) is 0 Å². The maximum absolute atomic E-state index is 12.1. The lowest BCUT2D eigenvalue weighted by molar-refractivity contribution is -0.135. The third-order valence-electron chi connectivity index (χ3n) is 2.82. The van der Waals surface area contributed by atoms with Gasteiger partial charge in [0, 0.05) is 34.5 Å². The van der Waals surface area contributed by atoms with E-state index in [1.807, 2.05) is 23.5 Å². The highest BCUT2D eigenvalue weighted by atomic mass is 32.2. The molecule has 17 heavy (non-hydrogen) atoms. The van der Waals surface area contributed by atoms with E-state index in [2.05, 4.69) is 12.3 Å². The molecule has 1 aliphatic heterocycles. The maximum atomic E-state index is 12.1. The first-order valence-corrected chi connectivity index (χ1v) is 7.80. The summed E-state index contributed by atoms with van der Waals surface area (Å²) in [7, 11) is 0. The van der Waals surface area contributed by atoms with Crippen LogP contribution in [0.4, 0.5) is 13.2 Å². The molecule has 1 fully saturated rings. The van der Waals surface area contributed by atoms with Gasteiger partial charge in [-0.1, -0.05) is 6.92 Å². The second-order valence-corrected chi connectivity index (χ2v) is 6.96. The highest BCUT2D eigenvalue weighted by Crippen LogP contribution is 2.34. The van der Waals surface area contributed by atoms with Crippen molar-refractivity contribution in [2.24, 2.45) is 5.84 Å². The van der Waals surface area contributed by atoms with Gasteiger partial charge in [-0.05, 0) is 12.8 Å². The fourth-order valence-corrected chi connectivity index (χ4v) is 4.94. The molecule has 0 amide bonds. The number of alkyl halides is 3. The van der Waals surface area contributed by atoms with E-state index in [1.165, 1.54) is 0 Å². The number of hydrazine groups is 1. The van der Waals surface area contributed by atoms with E-state index in [9.17, 15) is 13.2 Å². The predicted octanol–water partition coefficient (Wildman–Crippen LogP) is 2.79. The molecule has 0 aliphatic carbocycles. The van der Waals surface area contributed by atoms with Crippen LogP contribution in [0.15, 0.2) is 0 Å². The molecule has 0 aromatic heterocycles. The first-order valence-electron chi connectivity index (χ1n) is 5.70. The van der Waals surface area contributed by atoms with Crippen LogP contribution in [0.2, 0.25) is 0 Å². The number of nitrogens with one attached hydrogen (secondary N) is 1. The van der Waals surface area contributed by atoms with E-state index in [-0.39, 0.29) is 12.5 Å². The Morgan fingerprint density at radius 3 is 2.53 bits per heavy atom. The monoisotopic (exact) mass is 288 g/mol. The normalized spacial score (nSPS) is 28.1. The van der Waals surface area contributed by atoms with Gasteiger partial charge in [-0.15, -0.1) is 0 Å². The van der Waals surface area contributed by atoms with Crippen LogP contribution >= 0.6 is 23.5 Å². The quantitative estimate of drug-likeness (QED) is 0.603. The van der Waals surface area contributed by atoms with Gasteiger partial charge in [0.15, 0.2) is 0 Å². The van der Waals surface area contributed by atoms with Crippen LogP contribution in [0.1, 0.15) is 26.2 Å². The van der Waals surface area contributed by atoms with E-state index in [4.69, 9.17) is 5.84 Å². The van der Waals surface area contributed by atoms with Crippen molar-refractivity contribution in [1.82, 2.24) is 5.43 Å². The Hall–Kier alpha value is 0.410. The Labute approximate surface area is 109 Å².